The van der Waals surface area contributed by atoms with Crippen LogP contribution in [0.3, 0.4) is 0 Å². The van der Waals surface area contributed by atoms with E-state index in [2.05, 4.69) is 0 Å². The Morgan fingerprint density at radius 1 is 1.22 bits per heavy atom. The van der Waals surface area contributed by atoms with Gasteiger partial charge in [-0.1, -0.05) is 6.92 Å². The predicted octanol–water partition coefficient (Wildman–Crippen LogP) is 1.96. The average molecular weight is 323 g/mol. The van der Waals surface area contributed by atoms with E-state index in [4.69, 9.17) is 14.2 Å². The lowest BCUT2D eigenvalue weighted by atomic mass is 9.90. The molecule has 0 amide bonds. The van der Waals surface area contributed by atoms with Crippen LogP contribution in [-0.2, 0) is 14.2 Å². The zero-order valence-electron chi connectivity index (χ0n) is 12.9. The number of carbonyl (C=O) groups excluding carboxylic acids is 2. The van der Waals surface area contributed by atoms with Gasteiger partial charge in [0, 0.05) is 17.5 Å². The molecule has 0 radical (unpaired) electrons. The van der Waals surface area contributed by atoms with Gasteiger partial charge in [-0.2, -0.15) is 0 Å². The Bertz CT molecular complexity index is 637. The molecule has 0 aliphatic carbocycles. The Hall–Kier alpha value is -2.48. The molecule has 0 saturated carbocycles. The summed E-state index contributed by atoms with van der Waals surface area (Å²) in [7, 11) is 0. The largest absolute Gasteiger partial charge is 0.462 e. The van der Waals surface area contributed by atoms with Gasteiger partial charge in [0.25, 0.3) is 5.69 Å². The van der Waals surface area contributed by atoms with Crippen LogP contribution < -0.4 is 0 Å². The standard InChI is InChI=1S/C15H17NO7/c1-3-22-13(17)10-4-11(6-12(5-10)16(19)20)14(18)23-9-15(2)7-21-8-15/h4-6H,3,7-9H2,1-2H3. The Morgan fingerprint density at radius 3 is 2.22 bits per heavy atom. The minimum atomic E-state index is -0.732. The SMILES string of the molecule is CCOC(=O)c1cc(C(=O)OCC2(C)COC2)cc([N+](=O)[O-])c1. The Balaban J connectivity index is 2.20. The van der Waals surface area contributed by atoms with Gasteiger partial charge >= 0.3 is 11.9 Å². The van der Waals surface area contributed by atoms with Crippen molar-refractivity contribution in [1.82, 2.24) is 0 Å². The first kappa shape index (κ1) is 16.9. The molecule has 124 valence electrons. The minimum absolute atomic E-state index is 0.0637. The molecule has 0 aromatic heterocycles. The lowest BCUT2D eigenvalue weighted by Crippen LogP contribution is -2.44. The number of nitrogens with zero attached hydrogens (tertiary/aromatic N) is 1. The molecule has 1 heterocycles. The number of esters is 2. The summed E-state index contributed by atoms with van der Waals surface area (Å²) in [4.78, 5) is 34.1. The molecular weight excluding hydrogens is 306 g/mol. The minimum Gasteiger partial charge on any atom is -0.462 e. The van der Waals surface area contributed by atoms with Crippen molar-refractivity contribution in [3.8, 4) is 0 Å². The van der Waals surface area contributed by atoms with E-state index in [1.54, 1.807) is 6.92 Å². The molecule has 1 aromatic rings. The fourth-order valence-corrected chi connectivity index (χ4v) is 2.02. The first-order valence-electron chi connectivity index (χ1n) is 7.06. The second-order valence-electron chi connectivity index (χ2n) is 5.63. The van der Waals surface area contributed by atoms with Gasteiger partial charge in [-0.05, 0) is 13.0 Å². The van der Waals surface area contributed by atoms with Crippen LogP contribution in [0.2, 0.25) is 0 Å². The number of carbonyl (C=O) groups is 2. The maximum Gasteiger partial charge on any atom is 0.338 e. The third kappa shape index (κ3) is 4.04. The van der Waals surface area contributed by atoms with Gasteiger partial charge in [0.15, 0.2) is 0 Å². The highest BCUT2D eigenvalue weighted by atomic mass is 16.6. The van der Waals surface area contributed by atoms with Crippen LogP contribution >= 0.6 is 0 Å². The number of rotatable bonds is 6. The van der Waals surface area contributed by atoms with E-state index in [0.29, 0.717) is 13.2 Å². The summed E-state index contributed by atoms with van der Waals surface area (Å²) in [6.45, 7) is 4.77. The van der Waals surface area contributed by atoms with Crippen molar-refractivity contribution in [2.45, 2.75) is 13.8 Å². The molecule has 0 bridgehead atoms. The van der Waals surface area contributed by atoms with Gasteiger partial charge in [-0.25, -0.2) is 9.59 Å². The molecule has 8 heteroatoms. The summed E-state index contributed by atoms with van der Waals surface area (Å²) in [6, 6.07) is 3.37. The second kappa shape index (κ2) is 6.74. The van der Waals surface area contributed by atoms with Crippen molar-refractivity contribution in [1.29, 1.82) is 0 Å². The smallest absolute Gasteiger partial charge is 0.338 e. The molecular formula is C15H17NO7. The lowest BCUT2D eigenvalue weighted by Gasteiger charge is -2.37. The molecule has 1 aliphatic rings. The number of nitro groups is 1. The van der Waals surface area contributed by atoms with E-state index in [0.717, 1.165) is 12.1 Å². The first-order chi connectivity index (χ1) is 10.8. The maximum absolute atomic E-state index is 12.1. The third-order valence-electron chi connectivity index (χ3n) is 3.33. The zero-order valence-corrected chi connectivity index (χ0v) is 12.9. The number of ether oxygens (including phenoxy) is 3. The lowest BCUT2D eigenvalue weighted by molar-refractivity contribution is -0.384. The quantitative estimate of drug-likeness (QED) is 0.447. The molecule has 1 saturated heterocycles. The Labute approximate surface area is 132 Å². The van der Waals surface area contributed by atoms with Crippen LogP contribution in [0.1, 0.15) is 34.6 Å². The second-order valence-corrected chi connectivity index (χ2v) is 5.63. The highest BCUT2D eigenvalue weighted by Crippen LogP contribution is 2.27. The van der Waals surface area contributed by atoms with Crippen molar-refractivity contribution >= 4 is 17.6 Å². The van der Waals surface area contributed by atoms with Crippen molar-refractivity contribution < 1.29 is 28.7 Å². The number of hydrogen-bond donors (Lipinski definition) is 0. The number of nitro benzene ring substituents is 1. The van der Waals surface area contributed by atoms with E-state index < -0.39 is 16.9 Å². The third-order valence-corrected chi connectivity index (χ3v) is 3.33. The van der Waals surface area contributed by atoms with Crippen molar-refractivity contribution in [3.63, 3.8) is 0 Å². The van der Waals surface area contributed by atoms with Crippen molar-refractivity contribution in [2.24, 2.45) is 5.41 Å². The van der Waals surface area contributed by atoms with Gasteiger partial charge in [0.1, 0.15) is 6.61 Å². The van der Waals surface area contributed by atoms with Crippen LogP contribution in [0.15, 0.2) is 18.2 Å². The van der Waals surface area contributed by atoms with Crippen molar-refractivity contribution in [3.05, 3.63) is 39.4 Å². The zero-order chi connectivity index (χ0) is 17.0. The molecule has 1 fully saturated rings. The molecule has 0 spiro atoms. The normalized spacial score (nSPS) is 15.4. The molecule has 1 aliphatic heterocycles. The van der Waals surface area contributed by atoms with E-state index in [-0.39, 0.29) is 35.4 Å². The van der Waals surface area contributed by atoms with E-state index in [1.165, 1.54) is 6.07 Å². The van der Waals surface area contributed by atoms with Gasteiger partial charge < -0.3 is 14.2 Å². The molecule has 2 rings (SSSR count). The summed E-state index contributed by atoms with van der Waals surface area (Å²) in [5, 5.41) is 11.0. The summed E-state index contributed by atoms with van der Waals surface area (Å²) in [5.41, 5.74) is -0.738. The highest BCUT2D eigenvalue weighted by Gasteiger charge is 2.35. The van der Waals surface area contributed by atoms with Gasteiger partial charge in [0.2, 0.25) is 0 Å². The maximum atomic E-state index is 12.1. The highest BCUT2D eigenvalue weighted by molar-refractivity contribution is 5.96. The fourth-order valence-electron chi connectivity index (χ4n) is 2.02. The van der Waals surface area contributed by atoms with Crippen LogP contribution in [-0.4, -0.2) is 43.3 Å². The first-order valence-corrected chi connectivity index (χ1v) is 7.06. The van der Waals surface area contributed by atoms with Crippen LogP contribution in [0.25, 0.3) is 0 Å². The van der Waals surface area contributed by atoms with E-state index >= 15 is 0 Å². The van der Waals surface area contributed by atoms with Crippen molar-refractivity contribution in [2.75, 3.05) is 26.4 Å². The topological polar surface area (TPSA) is 105 Å². The summed E-state index contributed by atoms with van der Waals surface area (Å²) >= 11 is 0. The molecule has 0 unspecified atom stereocenters. The summed E-state index contributed by atoms with van der Waals surface area (Å²) < 4.78 is 15.0. The molecule has 8 nitrogen and oxygen atoms in total. The summed E-state index contributed by atoms with van der Waals surface area (Å²) in [6.07, 6.45) is 0. The number of non-ortho nitro benzene ring substituents is 1. The molecule has 0 atom stereocenters. The fraction of sp³-hybridized carbons (Fsp3) is 0.467. The van der Waals surface area contributed by atoms with Gasteiger partial charge in [-0.3, -0.25) is 10.1 Å². The van der Waals surface area contributed by atoms with Gasteiger partial charge in [-0.15, -0.1) is 0 Å². The predicted molar refractivity (Wildman–Crippen MR) is 78.3 cm³/mol. The van der Waals surface area contributed by atoms with E-state index in [1.807, 2.05) is 6.92 Å². The number of benzene rings is 1. The molecule has 23 heavy (non-hydrogen) atoms. The molecule has 0 N–H and O–H groups in total. The average Bonchev–Trinajstić information content (AvgIpc) is 2.50. The Kier molecular flexibility index (Phi) is 4.95. The monoisotopic (exact) mass is 323 g/mol. The molecule has 1 aromatic carbocycles. The number of hydrogen-bond acceptors (Lipinski definition) is 7. The van der Waals surface area contributed by atoms with Crippen LogP contribution in [0, 0.1) is 15.5 Å². The summed E-state index contributed by atoms with van der Waals surface area (Å²) in [5.74, 6) is -1.46. The van der Waals surface area contributed by atoms with Crippen LogP contribution in [0.4, 0.5) is 5.69 Å². The van der Waals surface area contributed by atoms with E-state index in [9.17, 15) is 19.7 Å². The Morgan fingerprint density at radius 2 is 1.78 bits per heavy atom. The van der Waals surface area contributed by atoms with Gasteiger partial charge in [0.05, 0.1) is 35.9 Å². The van der Waals surface area contributed by atoms with Crippen LogP contribution in [0.5, 0.6) is 0 Å².